The molecule has 1 atom stereocenters. The smallest absolute Gasteiger partial charge is 0.175 e. The average Bonchev–Trinajstić information content (AvgIpc) is 2.89. The lowest BCUT2D eigenvalue weighted by molar-refractivity contribution is 0.602. The van der Waals surface area contributed by atoms with E-state index in [0.29, 0.717) is 17.9 Å². The highest BCUT2D eigenvalue weighted by molar-refractivity contribution is 7.90. The molecule has 0 amide bonds. The Labute approximate surface area is 163 Å². The van der Waals surface area contributed by atoms with E-state index in [1.165, 1.54) is 16.7 Å². The van der Waals surface area contributed by atoms with Gasteiger partial charge in [-0.15, -0.1) is 11.3 Å². The Morgan fingerprint density at radius 1 is 1.19 bits per heavy atom. The van der Waals surface area contributed by atoms with Crippen molar-refractivity contribution in [2.45, 2.75) is 38.1 Å². The molecule has 8 heteroatoms. The summed E-state index contributed by atoms with van der Waals surface area (Å²) in [5.74, 6) is 1.53. The van der Waals surface area contributed by atoms with Crippen LogP contribution in [0.3, 0.4) is 0 Å². The van der Waals surface area contributed by atoms with Crippen LogP contribution in [0.25, 0.3) is 10.2 Å². The van der Waals surface area contributed by atoms with Crippen LogP contribution in [-0.2, 0) is 16.3 Å². The third-order valence-electron chi connectivity index (χ3n) is 4.60. The molecule has 2 heterocycles. The van der Waals surface area contributed by atoms with Crippen LogP contribution in [0.1, 0.15) is 34.8 Å². The fourth-order valence-corrected chi connectivity index (χ4v) is 4.61. The lowest BCUT2D eigenvalue weighted by Crippen LogP contribution is -2.12. The average molecular weight is 405 g/mol. The normalized spacial score (nSPS) is 13.1. The minimum atomic E-state index is -3.20. The molecule has 3 rings (SSSR count). The molecule has 3 N–H and O–H groups in total. The first-order chi connectivity index (χ1) is 12.7. The molecule has 0 bridgehead atoms. The van der Waals surface area contributed by atoms with Crippen LogP contribution in [0.4, 0.5) is 5.82 Å². The number of nitrogens with two attached hydrogens (primary N) is 1. The van der Waals surface area contributed by atoms with Crippen molar-refractivity contribution < 1.29 is 8.42 Å². The molecule has 2 aromatic heterocycles. The zero-order chi connectivity index (χ0) is 19.8. The Bertz CT molecular complexity index is 1070. The molecule has 144 valence electrons. The number of benzene rings is 1. The number of thiophene rings is 1. The molecule has 0 aliphatic heterocycles. The molecule has 0 aliphatic carbocycles. The molecule has 0 radical (unpaired) electrons. The summed E-state index contributed by atoms with van der Waals surface area (Å²) in [5.41, 5.74) is 7.85. The van der Waals surface area contributed by atoms with Gasteiger partial charge in [-0.05, 0) is 50.6 Å². The summed E-state index contributed by atoms with van der Waals surface area (Å²) in [5, 5.41) is 4.52. The second kappa shape index (κ2) is 7.53. The van der Waals surface area contributed by atoms with Gasteiger partial charge in [0.05, 0.1) is 10.3 Å². The number of hydrogen-bond donors (Lipinski definition) is 2. The Morgan fingerprint density at radius 2 is 1.85 bits per heavy atom. The van der Waals surface area contributed by atoms with Crippen LogP contribution < -0.4 is 11.1 Å². The first-order valence-corrected chi connectivity index (χ1v) is 11.4. The monoisotopic (exact) mass is 404 g/mol. The molecule has 0 saturated heterocycles. The second-order valence-corrected chi connectivity index (χ2v) is 9.92. The van der Waals surface area contributed by atoms with Crippen LogP contribution in [0.15, 0.2) is 29.2 Å². The fraction of sp³-hybridized carbons (Fsp3) is 0.368. The van der Waals surface area contributed by atoms with Crippen molar-refractivity contribution in [2.75, 3.05) is 18.1 Å². The molecule has 0 spiro atoms. The van der Waals surface area contributed by atoms with Gasteiger partial charge in [-0.2, -0.15) is 0 Å². The second-order valence-electron chi connectivity index (χ2n) is 6.70. The largest absolute Gasteiger partial charge is 0.363 e. The van der Waals surface area contributed by atoms with E-state index in [2.05, 4.69) is 24.1 Å². The van der Waals surface area contributed by atoms with E-state index >= 15 is 0 Å². The van der Waals surface area contributed by atoms with Crippen LogP contribution in [0, 0.1) is 13.8 Å². The number of nitrogens with zero attached hydrogens (tertiary/aromatic N) is 2. The zero-order valence-corrected chi connectivity index (χ0v) is 17.5. The third-order valence-corrected chi connectivity index (χ3v) is 6.83. The number of fused-ring (bicyclic) bond motifs is 1. The van der Waals surface area contributed by atoms with E-state index in [1.807, 2.05) is 19.1 Å². The van der Waals surface area contributed by atoms with E-state index in [-0.39, 0.29) is 6.04 Å². The fourth-order valence-electron chi connectivity index (χ4n) is 2.93. The number of sulfone groups is 1. The number of nitrogens with one attached hydrogen (secondary N) is 1. The van der Waals surface area contributed by atoms with Gasteiger partial charge in [0.1, 0.15) is 16.5 Å². The molecule has 27 heavy (non-hydrogen) atoms. The van der Waals surface area contributed by atoms with Gasteiger partial charge in [-0.25, -0.2) is 18.4 Å². The number of rotatable bonds is 6. The van der Waals surface area contributed by atoms with E-state index in [0.717, 1.165) is 27.4 Å². The minimum absolute atomic E-state index is 0.0398. The maximum absolute atomic E-state index is 11.6. The van der Waals surface area contributed by atoms with E-state index in [4.69, 9.17) is 10.7 Å². The Balaban J connectivity index is 1.97. The predicted octanol–water partition coefficient (Wildman–Crippen LogP) is 3.39. The standard InChI is InChI=1S/C19H24N4O2S2/c1-11-13(3)26-19-17(11)18(22-16(23-19)9-10-20)21-12(2)14-5-7-15(8-6-14)27(4,24)25/h5-8,12H,9-10,20H2,1-4H3,(H,21,22,23). The van der Waals surface area contributed by atoms with Gasteiger partial charge in [-0.1, -0.05) is 12.1 Å². The highest BCUT2D eigenvalue weighted by Gasteiger charge is 2.17. The first kappa shape index (κ1) is 19.7. The van der Waals surface area contributed by atoms with Gasteiger partial charge >= 0.3 is 0 Å². The van der Waals surface area contributed by atoms with Crippen molar-refractivity contribution in [3.05, 3.63) is 46.1 Å². The van der Waals surface area contributed by atoms with Gasteiger partial charge in [0.15, 0.2) is 9.84 Å². The summed E-state index contributed by atoms with van der Waals surface area (Å²) in [6.45, 7) is 6.69. The molecular formula is C19H24N4O2S2. The summed E-state index contributed by atoms with van der Waals surface area (Å²) in [7, 11) is -3.20. The number of anilines is 1. The summed E-state index contributed by atoms with van der Waals surface area (Å²) in [6, 6.07) is 6.90. The molecule has 0 saturated carbocycles. The van der Waals surface area contributed by atoms with Crippen molar-refractivity contribution in [3.8, 4) is 0 Å². The van der Waals surface area contributed by atoms with Gasteiger partial charge in [0.25, 0.3) is 0 Å². The van der Waals surface area contributed by atoms with E-state index < -0.39 is 9.84 Å². The van der Waals surface area contributed by atoms with Crippen molar-refractivity contribution in [1.82, 2.24) is 9.97 Å². The number of aromatic nitrogens is 2. The van der Waals surface area contributed by atoms with Crippen LogP contribution >= 0.6 is 11.3 Å². The third kappa shape index (κ3) is 4.12. The first-order valence-electron chi connectivity index (χ1n) is 8.74. The quantitative estimate of drug-likeness (QED) is 0.653. The van der Waals surface area contributed by atoms with Crippen LogP contribution in [-0.4, -0.2) is 31.2 Å². The topological polar surface area (TPSA) is 98.0 Å². The Kier molecular flexibility index (Phi) is 5.50. The molecule has 3 aromatic rings. The summed E-state index contributed by atoms with van der Waals surface area (Å²) in [6.07, 6.45) is 1.83. The van der Waals surface area contributed by atoms with E-state index in [9.17, 15) is 8.42 Å². The SMILES string of the molecule is Cc1sc2nc(CCN)nc(NC(C)c3ccc(S(C)(=O)=O)cc3)c2c1C. The van der Waals surface area contributed by atoms with E-state index in [1.54, 1.807) is 23.5 Å². The highest BCUT2D eigenvalue weighted by atomic mass is 32.2. The van der Waals surface area contributed by atoms with Crippen molar-refractivity contribution in [3.63, 3.8) is 0 Å². The van der Waals surface area contributed by atoms with Gasteiger partial charge in [0, 0.05) is 23.6 Å². The maximum atomic E-state index is 11.6. The molecular weight excluding hydrogens is 380 g/mol. The van der Waals surface area contributed by atoms with Crippen molar-refractivity contribution in [2.24, 2.45) is 5.73 Å². The Hall–Kier alpha value is -2.03. The van der Waals surface area contributed by atoms with Crippen molar-refractivity contribution >= 4 is 37.2 Å². The molecule has 1 aromatic carbocycles. The summed E-state index contributed by atoms with van der Waals surface area (Å²) < 4.78 is 23.3. The number of hydrogen-bond acceptors (Lipinski definition) is 7. The minimum Gasteiger partial charge on any atom is -0.363 e. The number of aryl methyl sites for hydroxylation is 2. The van der Waals surface area contributed by atoms with Gasteiger partial charge in [0.2, 0.25) is 0 Å². The zero-order valence-electron chi connectivity index (χ0n) is 15.9. The highest BCUT2D eigenvalue weighted by Crippen LogP contribution is 2.34. The van der Waals surface area contributed by atoms with Crippen molar-refractivity contribution in [1.29, 1.82) is 0 Å². The summed E-state index contributed by atoms with van der Waals surface area (Å²) >= 11 is 1.66. The Morgan fingerprint density at radius 3 is 2.44 bits per heavy atom. The van der Waals surface area contributed by atoms with Gasteiger partial charge < -0.3 is 11.1 Å². The molecule has 1 unspecified atom stereocenters. The van der Waals surface area contributed by atoms with Crippen LogP contribution in [0.2, 0.25) is 0 Å². The lowest BCUT2D eigenvalue weighted by Gasteiger charge is -2.17. The predicted molar refractivity (Wildman–Crippen MR) is 111 cm³/mol. The van der Waals surface area contributed by atoms with Gasteiger partial charge in [-0.3, -0.25) is 0 Å². The summed E-state index contributed by atoms with van der Waals surface area (Å²) in [4.78, 5) is 11.8. The lowest BCUT2D eigenvalue weighted by atomic mass is 10.1. The van der Waals surface area contributed by atoms with Crippen LogP contribution in [0.5, 0.6) is 0 Å². The molecule has 0 aliphatic rings. The molecule has 6 nitrogen and oxygen atoms in total. The molecule has 0 fully saturated rings. The maximum Gasteiger partial charge on any atom is 0.175 e.